The Balaban J connectivity index is 1.67. The van der Waals surface area contributed by atoms with E-state index in [9.17, 15) is 9.18 Å². The van der Waals surface area contributed by atoms with Crippen LogP contribution in [0.2, 0.25) is 0 Å². The highest BCUT2D eigenvalue weighted by Crippen LogP contribution is 2.08. The molecule has 1 fully saturated rings. The van der Waals surface area contributed by atoms with E-state index in [4.69, 9.17) is 9.47 Å². The lowest BCUT2D eigenvalue weighted by Gasteiger charge is -2.23. The molecule has 0 spiro atoms. The minimum Gasteiger partial charge on any atom is -0.373 e. The van der Waals surface area contributed by atoms with Crippen LogP contribution in [-0.2, 0) is 14.3 Å². The van der Waals surface area contributed by atoms with Crippen molar-refractivity contribution in [3.8, 4) is 0 Å². The van der Waals surface area contributed by atoms with E-state index in [0.29, 0.717) is 18.9 Å². The van der Waals surface area contributed by atoms with E-state index in [1.165, 1.54) is 18.2 Å². The van der Waals surface area contributed by atoms with Gasteiger partial charge in [0.05, 0.1) is 19.3 Å². The molecule has 0 aromatic heterocycles. The molecule has 19 heavy (non-hydrogen) atoms. The molecular formula is C13H17FN2O3. The number of carbonyl (C=O) groups excluding carboxylic acids is 1. The number of benzene rings is 1. The van der Waals surface area contributed by atoms with Gasteiger partial charge in [0.15, 0.2) is 0 Å². The van der Waals surface area contributed by atoms with Crippen LogP contribution in [0.15, 0.2) is 24.3 Å². The molecule has 1 unspecified atom stereocenters. The summed E-state index contributed by atoms with van der Waals surface area (Å²) >= 11 is 0. The molecule has 1 amide bonds. The van der Waals surface area contributed by atoms with E-state index in [1.807, 2.05) is 0 Å². The Bertz CT molecular complexity index is 422. The quantitative estimate of drug-likeness (QED) is 0.828. The number of amides is 1. The first-order valence-corrected chi connectivity index (χ1v) is 6.19. The number of ether oxygens (including phenoxy) is 2. The molecule has 2 rings (SSSR count). The van der Waals surface area contributed by atoms with Crippen LogP contribution in [0.3, 0.4) is 0 Å². The van der Waals surface area contributed by atoms with Gasteiger partial charge in [-0.15, -0.1) is 0 Å². The summed E-state index contributed by atoms with van der Waals surface area (Å²) in [6.07, 6.45) is -0.0179. The average Bonchev–Trinajstić information content (AvgIpc) is 2.40. The minimum atomic E-state index is -0.389. The molecule has 1 aliphatic rings. The third-order valence-corrected chi connectivity index (χ3v) is 2.65. The Morgan fingerprint density at radius 1 is 1.58 bits per heavy atom. The molecule has 2 N–H and O–H groups in total. The molecule has 1 aromatic rings. The van der Waals surface area contributed by atoms with E-state index in [2.05, 4.69) is 10.6 Å². The summed E-state index contributed by atoms with van der Waals surface area (Å²) in [5.41, 5.74) is 0.421. The van der Waals surface area contributed by atoms with E-state index >= 15 is 0 Å². The third kappa shape index (κ3) is 4.94. The fourth-order valence-corrected chi connectivity index (χ4v) is 1.77. The number of rotatable bonds is 5. The van der Waals surface area contributed by atoms with Crippen molar-refractivity contribution in [2.45, 2.75) is 6.10 Å². The molecule has 1 aromatic carbocycles. The van der Waals surface area contributed by atoms with E-state index < -0.39 is 0 Å². The third-order valence-electron chi connectivity index (χ3n) is 2.65. The largest absolute Gasteiger partial charge is 0.373 e. The lowest BCUT2D eigenvalue weighted by molar-refractivity contribution is -0.122. The summed E-state index contributed by atoms with van der Waals surface area (Å²) in [5, 5.41) is 5.73. The van der Waals surface area contributed by atoms with Crippen molar-refractivity contribution in [1.82, 2.24) is 5.32 Å². The summed E-state index contributed by atoms with van der Waals surface area (Å²) in [6.45, 7) is 2.52. The summed E-state index contributed by atoms with van der Waals surface area (Å²) in [5.74, 6) is -0.699. The molecule has 6 heteroatoms. The van der Waals surface area contributed by atoms with Gasteiger partial charge < -0.3 is 20.1 Å². The van der Waals surface area contributed by atoms with Gasteiger partial charge in [-0.25, -0.2) is 4.39 Å². The Morgan fingerprint density at radius 3 is 3.21 bits per heavy atom. The second-order valence-corrected chi connectivity index (χ2v) is 4.27. The highest BCUT2D eigenvalue weighted by Gasteiger charge is 2.14. The summed E-state index contributed by atoms with van der Waals surface area (Å²) < 4.78 is 23.6. The predicted molar refractivity (Wildman–Crippen MR) is 68.5 cm³/mol. The SMILES string of the molecule is O=C(COCC1CNCCO1)Nc1cccc(F)c1. The monoisotopic (exact) mass is 268 g/mol. The van der Waals surface area contributed by atoms with Crippen LogP contribution in [-0.4, -0.2) is 44.9 Å². The maximum atomic E-state index is 12.9. The maximum Gasteiger partial charge on any atom is 0.250 e. The van der Waals surface area contributed by atoms with Gasteiger partial charge in [0, 0.05) is 18.8 Å². The fraction of sp³-hybridized carbons (Fsp3) is 0.462. The molecule has 0 radical (unpaired) electrons. The average molecular weight is 268 g/mol. The predicted octanol–water partition coefficient (Wildman–Crippen LogP) is 0.769. The lowest BCUT2D eigenvalue weighted by atomic mass is 10.3. The number of hydrogen-bond acceptors (Lipinski definition) is 4. The molecular weight excluding hydrogens is 251 g/mol. The van der Waals surface area contributed by atoms with Gasteiger partial charge in [-0.05, 0) is 18.2 Å². The minimum absolute atomic E-state index is 0.0179. The molecule has 0 aliphatic carbocycles. The fourth-order valence-electron chi connectivity index (χ4n) is 1.77. The van der Waals surface area contributed by atoms with Crippen LogP contribution in [0.25, 0.3) is 0 Å². The summed E-state index contributed by atoms with van der Waals surface area (Å²) in [4.78, 5) is 11.6. The molecule has 1 heterocycles. The van der Waals surface area contributed by atoms with E-state index in [-0.39, 0.29) is 24.4 Å². The normalized spacial score (nSPS) is 19.1. The number of carbonyl (C=O) groups is 1. The van der Waals surface area contributed by atoms with Crippen molar-refractivity contribution in [1.29, 1.82) is 0 Å². The van der Waals surface area contributed by atoms with E-state index in [1.54, 1.807) is 6.07 Å². The zero-order chi connectivity index (χ0) is 13.5. The first kappa shape index (κ1) is 13.9. The topological polar surface area (TPSA) is 59.6 Å². The summed E-state index contributed by atoms with van der Waals surface area (Å²) in [6, 6.07) is 5.73. The number of halogens is 1. The lowest BCUT2D eigenvalue weighted by Crippen LogP contribution is -2.41. The maximum absolute atomic E-state index is 12.9. The number of hydrogen-bond donors (Lipinski definition) is 2. The van der Waals surface area contributed by atoms with Crippen LogP contribution < -0.4 is 10.6 Å². The van der Waals surface area contributed by atoms with Crippen molar-refractivity contribution in [3.63, 3.8) is 0 Å². The first-order chi connectivity index (χ1) is 9.24. The first-order valence-electron chi connectivity index (χ1n) is 6.19. The van der Waals surface area contributed by atoms with Crippen LogP contribution >= 0.6 is 0 Å². The number of anilines is 1. The van der Waals surface area contributed by atoms with Gasteiger partial charge in [0.25, 0.3) is 0 Å². The van der Waals surface area contributed by atoms with Gasteiger partial charge >= 0.3 is 0 Å². The highest BCUT2D eigenvalue weighted by atomic mass is 19.1. The second kappa shape index (κ2) is 7.18. The van der Waals surface area contributed by atoms with Gasteiger partial charge in [-0.2, -0.15) is 0 Å². The van der Waals surface area contributed by atoms with Gasteiger partial charge in [0.1, 0.15) is 12.4 Å². The second-order valence-electron chi connectivity index (χ2n) is 4.27. The van der Waals surface area contributed by atoms with Crippen molar-refractivity contribution in [2.75, 3.05) is 38.2 Å². The standard InChI is InChI=1S/C13H17FN2O3/c14-10-2-1-3-11(6-10)16-13(17)9-18-8-12-7-15-4-5-19-12/h1-3,6,12,15H,4-5,7-9H2,(H,16,17). The smallest absolute Gasteiger partial charge is 0.250 e. The Morgan fingerprint density at radius 2 is 2.47 bits per heavy atom. The van der Waals surface area contributed by atoms with Gasteiger partial charge in [-0.1, -0.05) is 6.07 Å². The molecule has 0 bridgehead atoms. The molecule has 0 saturated carbocycles. The summed E-state index contributed by atoms with van der Waals surface area (Å²) in [7, 11) is 0. The molecule has 1 saturated heterocycles. The van der Waals surface area contributed by atoms with Crippen molar-refractivity contribution in [2.24, 2.45) is 0 Å². The van der Waals surface area contributed by atoms with Crippen LogP contribution in [0.1, 0.15) is 0 Å². The van der Waals surface area contributed by atoms with Gasteiger partial charge in [0.2, 0.25) is 5.91 Å². The van der Waals surface area contributed by atoms with Crippen molar-refractivity contribution in [3.05, 3.63) is 30.1 Å². The van der Waals surface area contributed by atoms with Crippen molar-refractivity contribution >= 4 is 11.6 Å². The number of morpholine rings is 1. The van der Waals surface area contributed by atoms with Crippen LogP contribution in [0, 0.1) is 5.82 Å². The Labute approximate surface area is 111 Å². The molecule has 1 aliphatic heterocycles. The van der Waals surface area contributed by atoms with Crippen LogP contribution in [0.5, 0.6) is 0 Å². The molecule has 5 nitrogen and oxygen atoms in total. The highest BCUT2D eigenvalue weighted by molar-refractivity contribution is 5.91. The number of nitrogens with one attached hydrogen (secondary N) is 2. The van der Waals surface area contributed by atoms with Crippen LogP contribution in [0.4, 0.5) is 10.1 Å². The zero-order valence-electron chi connectivity index (χ0n) is 10.5. The van der Waals surface area contributed by atoms with Gasteiger partial charge in [-0.3, -0.25) is 4.79 Å². The molecule has 104 valence electrons. The Kier molecular flexibility index (Phi) is 5.26. The van der Waals surface area contributed by atoms with E-state index in [0.717, 1.165) is 13.1 Å². The zero-order valence-corrected chi connectivity index (χ0v) is 10.5. The molecule has 1 atom stereocenters. The Hall–Kier alpha value is -1.50. The van der Waals surface area contributed by atoms with Crippen molar-refractivity contribution < 1.29 is 18.7 Å².